The Morgan fingerprint density at radius 1 is 0.211 bits per heavy atom. The fourth-order valence-electron chi connectivity index (χ4n) is 9.78. The van der Waals surface area contributed by atoms with Gasteiger partial charge in [-0.1, -0.05) is 194 Å². The van der Waals surface area contributed by atoms with Gasteiger partial charge in [-0.15, -0.1) is 0 Å². The van der Waals surface area contributed by atoms with E-state index in [4.69, 9.17) is 0 Å². The van der Waals surface area contributed by atoms with Gasteiger partial charge in [-0.05, 0) is 153 Å². The molecule has 0 saturated heterocycles. The van der Waals surface area contributed by atoms with E-state index in [1.807, 2.05) is 0 Å². The Morgan fingerprint density at radius 2 is 0.521 bits per heavy atom. The summed E-state index contributed by atoms with van der Waals surface area (Å²) in [5, 5.41) is 1.17. The van der Waals surface area contributed by atoms with E-state index in [0.29, 0.717) is 0 Å². The first kappa shape index (κ1) is 42.9. The van der Waals surface area contributed by atoms with Crippen LogP contribution in [0.25, 0.3) is 72.2 Å². The van der Waals surface area contributed by atoms with Crippen LogP contribution in [0, 0.1) is 0 Å². The summed E-state index contributed by atoms with van der Waals surface area (Å²) in [6.07, 6.45) is 2.17. The molecule has 12 aromatic rings. The van der Waals surface area contributed by atoms with Crippen LogP contribution in [0.15, 0.2) is 297 Å². The largest absolute Gasteiger partial charge is 0.317 e. The van der Waals surface area contributed by atoms with Crippen molar-refractivity contribution in [2.45, 2.75) is 0 Å². The summed E-state index contributed by atoms with van der Waals surface area (Å²) in [5.41, 5.74) is 20.2. The third kappa shape index (κ3) is 8.92. The maximum atomic E-state index is 2.40. The molecular formula is C68H49N3. The quantitative estimate of drug-likeness (QED) is 0.121. The van der Waals surface area contributed by atoms with Gasteiger partial charge in [-0.2, -0.15) is 0 Å². The monoisotopic (exact) mass is 907 g/mol. The van der Waals surface area contributed by atoms with E-state index in [1.165, 1.54) is 49.9 Å². The molecule has 1 heterocycles. The summed E-state index contributed by atoms with van der Waals surface area (Å²) in [5.74, 6) is 0. The highest BCUT2D eigenvalue weighted by Gasteiger charge is 2.21. The number of fused-ring (bicyclic) bond motifs is 1. The van der Waals surface area contributed by atoms with Gasteiger partial charge >= 0.3 is 0 Å². The normalized spacial score (nSPS) is 11.1. The molecule has 0 aliphatic rings. The molecule has 0 bridgehead atoms. The van der Waals surface area contributed by atoms with Crippen LogP contribution in [-0.4, -0.2) is 4.57 Å². The Bertz CT molecular complexity index is 3330. The van der Waals surface area contributed by atoms with Gasteiger partial charge in [-0.25, -0.2) is 0 Å². The van der Waals surface area contributed by atoms with Gasteiger partial charge in [0.2, 0.25) is 0 Å². The molecule has 0 aliphatic carbocycles. The summed E-state index contributed by atoms with van der Waals surface area (Å²) >= 11 is 0. The third-order valence-electron chi connectivity index (χ3n) is 13.4. The predicted octanol–water partition coefficient (Wildman–Crippen LogP) is 18.9. The van der Waals surface area contributed by atoms with Crippen molar-refractivity contribution in [1.29, 1.82) is 0 Å². The molecule has 0 spiro atoms. The van der Waals surface area contributed by atoms with Crippen LogP contribution in [0.5, 0.6) is 0 Å². The first-order valence-electron chi connectivity index (χ1n) is 24.2. The van der Waals surface area contributed by atoms with E-state index >= 15 is 0 Å². The zero-order chi connectivity index (χ0) is 47.3. The molecule has 12 rings (SSSR count). The van der Waals surface area contributed by atoms with Crippen LogP contribution in [0.1, 0.15) is 0 Å². The van der Waals surface area contributed by atoms with E-state index in [0.717, 1.165) is 56.5 Å². The van der Waals surface area contributed by atoms with Gasteiger partial charge in [0.1, 0.15) is 0 Å². The van der Waals surface area contributed by atoms with Crippen molar-refractivity contribution in [3.8, 4) is 61.3 Å². The van der Waals surface area contributed by atoms with E-state index in [1.54, 1.807) is 0 Å². The average Bonchev–Trinajstić information content (AvgIpc) is 3.89. The number of hydrogen-bond acceptors (Lipinski definition) is 2. The van der Waals surface area contributed by atoms with Crippen molar-refractivity contribution in [2.24, 2.45) is 0 Å². The molecule has 0 fully saturated rings. The number of hydrogen-bond donors (Lipinski definition) is 0. The highest BCUT2D eigenvalue weighted by Crippen LogP contribution is 2.45. The molecular weight excluding hydrogens is 859 g/mol. The molecule has 0 radical (unpaired) electrons. The maximum Gasteiger partial charge on any atom is 0.0528 e. The second-order valence-electron chi connectivity index (χ2n) is 17.9. The van der Waals surface area contributed by atoms with Crippen LogP contribution in [0.2, 0.25) is 0 Å². The molecule has 0 amide bonds. The molecule has 336 valence electrons. The Morgan fingerprint density at radius 3 is 0.873 bits per heavy atom. The Labute approximate surface area is 416 Å². The summed E-state index contributed by atoms with van der Waals surface area (Å²) in [6.45, 7) is 0. The number of nitrogens with zero attached hydrogens (tertiary/aromatic N) is 3. The molecule has 0 unspecified atom stereocenters. The molecule has 0 saturated carbocycles. The van der Waals surface area contributed by atoms with Gasteiger partial charge in [0.05, 0.1) is 5.52 Å². The predicted molar refractivity (Wildman–Crippen MR) is 300 cm³/mol. The Kier molecular flexibility index (Phi) is 11.6. The van der Waals surface area contributed by atoms with Crippen molar-refractivity contribution in [3.05, 3.63) is 297 Å². The smallest absolute Gasteiger partial charge is 0.0528 e. The number of anilines is 6. The number of rotatable bonds is 12. The fourth-order valence-corrected chi connectivity index (χ4v) is 9.78. The van der Waals surface area contributed by atoms with Crippen LogP contribution in [0.3, 0.4) is 0 Å². The van der Waals surface area contributed by atoms with Gasteiger partial charge in [0, 0.05) is 51.4 Å². The fraction of sp³-hybridized carbons (Fsp3) is 0. The molecule has 3 nitrogen and oxygen atoms in total. The van der Waals surface area contributed by atoms with Crippen molar-refractivity contribution in [3.63, 3.8) is 0 Å². The first-order valence-corrected chi connectivity index (χ1v) is 24.2. The molecule has 3 heteroatoms. The van der Waals surface area contributed by atoms with Crippen LogP contribution in [-0.2, 0) is 0 Å². The second kappa shape index (κ2) is 19.3. The lowest BCUT2D eigenvalue weighted by molar-refractivity contribution is 1.13. The molecule has 1 aromatic heterocycles. The minimum absolute atomic E-state index is 1.03. The molecule has 0 N–H and O–H groups in total. The second-order valence-corrected chi connectivity index (χ2v) is 17.9. The minimum Gasteiger partial charge on any atom is -0.317 e. The Hall–Kier alpha value is -9.44. The topological polar surface area (TPSA) is 11.4 Å². The Balaban J connectivity index is 1.06. The zero-order valence-electron chi connectivity index (χ0n) is 39.1. The maximum absolute atomic E-state index is 2.40. The SMILES string of the molecule is c1ccc(-c2ccc(N(c3ccc(-c4ccccc4)cc3)c3cc(-c4ccc5c(ccn5-c5ccccc5)c4)cc(N(c4ccc(-c5ccccc5)cc4)c4ccc(-c5ccccc5)cc4)c3)cc2)cc1. The van der Waals surface area contributed by atoms with Crippen molar-refractivity contribution >= 4 is 45.0 Å². The van der Waals surface area contributed by atoms with Gasteiger partial charge in [0.15, 0.2) is 0 Å². The van der Waals surface area contributed by atoms with E-state index in [-0.39, 0.29) is 0 Å². The van der Waals surface area contributed by atoms with Gasteiger partial charge in [-0.3, -0.25) is 0 Å². The van der Waals surface area contributed by atoms with E-state index < -0.39 is 0 Å². The summed E-state index contributed by atoms with van der Waals surface area (Å²) in [6, 6.07) is 105. The van der Waals surface area contributed by atoms with Crippen molar-refractivity contribution < 1.29 is 0 Å². The molecule has 71 heavy (non-hydrogen) atoms. The minimum atomic E-state index is 1.03. The van der Waals surface area contributed by atoms with Crippen molar-refractivity contribution in [1.82, 2.24) is 4.57 Å². The van der Waals surface area contributed by atoms with Gasteiger partial charge < -0.3 is 14.4 Å². The van der Waals surface area contributed by atoms with Gasteiger partial charge in [0.25, 0.3) is 0 Å². The van der Waals surface area contributed by atoms with E-state index in [9.17, 15) is 0 Å². The number of benzene rings is 11. The molecule has 0 aliphatic heterocycles. The zero-order valence-corrected chi connectivity index (χ0v) is 39.1. The molecule has 11 aromatic carbocycles. The lowest BCUT2D eigenvalue weighted by atomic mass is 9.99. The highest BCUT2D eigenvalue weighted by atomic mass is 15.2. The summed E-state index contributed by atoms with van der Waals surface area (Å²) in [7, 11) is 0. The van der Waals surface area contributed by atoms with Crippen molar-refractivity contribution in [2.75, 3.05) is 9.80 Å². The highest BCUT2D eigenvalue weighted by molar-refractivity contribution is 5.92. The summed E-state index contributed by atoms with van der Waals surface area (Å²) in [4.78, 5) is 4.80. The summed E-state index contributed by atoms with van der Waals surface area (Å²) < 4.78 is 2.26. The molecule has 0 atom stereocenters. The number of aromatic nitrogens is 1. The van der Waals surface area contributed by atoms with Crippen LogP contribution in [0.4, 0.5) is 34.1 Å². The van der Waals surface area contributed by atoms with Crippen LogP contribution < -0.4 is 9.80 Å². The standard InChI is InChI=1S/C68H49N3/c1-6-16-50(17-7-1)54-26-35-62(36-27-54)70(63-37-28-55(29-38-63)51-18-8-2-9-19-51)66-47-60(58-34-43-68-59(46-58)44-45-69(68)61-24-14-5-15-25-61)48-67(49-66)71(64-39-30-56(31-40-64)52-20-10-3-11-21-52)65-41-32-57(33-42-65)53-22-12-4-13-23-53/h1-49H. The van der Waals surface area contributed by atoms with E-state index in [2.05, 4.69) is 312 Å². The first-order chi connectivity index (χ1) is 35.2. The average molecular weight is 908 g/mol. The lowest BCUT2D eigenvalue weighted by Gasteiger charge is -2.31. The lowest BCUT2D eigenvalue weighted by Crippen LogP contribution is -2.13. The number of para-hydroxylation sites is 1. The third-order valence-corrected chi connectivity index (χ3v) is 13.4. The van der Waals surface area contributed by atoms with Crippen LogP contribution >= 0.6 is 0 Å².